The molecule has 2 heterocycles. The first-order valence-corrected chi connectivity index (χ1v) is 7.83. The predicted octanol–water partition coefficient (Wildman–Crippen LogP) is 3.28. The molecule has 0 aliphatic carbocycles. The Labute approximate surface area is 130 Å². The molecule has 0 atom stereocenters. The molecule has 0 saturated carbocycles. The highest BCUT2D eigenvalue weighted by Crippen LogP contribution is 2.28. The first-order chi connectivity index (χ1) is 10.2. The van der Waals surface area contributed by atoms with Crippen LogP contribution in [0.2, 0.25) is 5.02 Å². The van der Waals surface area contributed by atoms with Crippen LogP contribution in [0.25, 0.3) is 5.69 Å². The molecule has 0 bridgehead atoms. The van der Waals surface area contributed by atoms with Crippen molar-refractivity contribution in [2.45, 2.75) is 12.8 Å². The van der Waals surface area contributed by atoms with Crippen LogP contribution in [-0.2, 0) is 0 Å². The lowest BCUT2D eigenvalue weighted by Gasteiger charge is -2.29. The molecule has 0 radical (unpaired) electrons. The molecule has 4 nitrogen and oxygen atoms in total. The Balaban J connectivity index is 1.72. The van der Waals surface area contributed by atoms with Crippen molar-refractivity contribution in [1.29, 1.82) is 0 Å². The first kappa shape index (κ1) is 14.4. The molecular formula is C16H21ClN4. The van der Waals surface area contributed by atoms with Crippen molar-refractivity contribution >= 4 is 17.3 Å². The van der Waals surface area contributed by atoms with E-state index in [4.69, 9.17) is 11.6 Å². The highest BCUT2D eigenvalue weighted by molar-refractivity contribution is 6.33. The summed E-state index contributed by atoms with van der Waals surface area (Å²) in [5.41, 5.74) is 1.97. The van der Waals surface area contributed by atoms with E-state index >= 15 is 0 Å². The average Bonchev–Trinajstić information content (AvgIpc) is 3.00. The number of benzene rings is 1. The van der Waals surface area contributed by atoms with Gasteiger partial charge in [-0.05, 0) is 57.1 Å². The summed E-state index contributed by atoms with van der Waals surface area (Å²) < 4.78 is 1.82. The minimum atomic E-state index is 0.715. The van der Waals surface area contributed by atoms with E-state index < -0.39 is 0 Å². The Bertz CT molecular complexity index is 574. The number of likely N-dealkylation sites (tertiary alicyclic amines) is 1. The number of nitrogens with one attached hydrogen (secondary N) is 1. The number of rotatable bonds is 4. The normalized spacial score (nSPS) is 17.0. The fourth-order valence-electron chi connectivity index (χ4n) is 2.81. The highest BCUT2D eigenvalue weighted by atomic mass is 35.5. The van der Waals surface area contributed by atoms with Crippen LogP contribution >= 0.6 is 11.6 Å². The number of piperidine rings is 1. The van der Waals surface area contributed by atoms with Gasteiger partial charge in [0.2, 0.25) is 0 Å². The van der Waals surface area contributed by atoms with Crippen LogP contribution in [0.3, 0.4) is 0 Å². The molecule has 0 amide bonds. The zero-order chi connectivity index (χ0) is 14.7. The van der Waals surface area contributed by atoms with Gasteiger partial charge in [-0.15, -0.1) is 0 Å². The van der Waals surface area contributed by atoms with Gasteiger partial charge in [-0.25, -0.2) is 4.68 Å². The topological polar surface area (TPSA) is 33.1 Å². The van der Waals surface area contributed by atoms with Gasteiger partial charge in [0.25, 0.3) is 0 Å². The molecule has 3 rings (SSSR count). The molecule has 21 heavy (non-hydrogen) atoms. The lowest BCUT2D eigenvalue weighted by Crippen LogP contribution is -2.33. The van der Waals surface area contributed by atoms with Gasteiger partial charge in [-0.3, -0.25) is 0 Å². The van der Waals surface area contributed by atoms with Gasteiger partial charge in [0.1, 0.15) is 5.69 Å². The van der Waals surface area contributed by atoms with Gasteiger partial charge in [0.15, 0.2) is 0 Å². The van der Waals surface area contributed by atoms with Crippen molar-refractivity contribution in [3.8, 4) is 5.69 Å². The van der Waals surface area contributed by atoms with E-state index in [2.05, 4.69) is 28.4 Å². The van der Waals surface area contributed by atoms with Gasteiger partial charge in [0, 0.05) is 18.9 Å². The SMILES string of the molecule is CN1CCC(CNc2cccc(Cl)c2-n2cccn2)CC1. The van der Waals surface area contributed by atoms with Gasteiger partial charge in [0.05, 0.1) is 10.7 Å². The lowest BCUT2D eigenvalue weighted by atomic mass is 9.97. The summed E-state index contributed by atoms with van der Waals surface area (Å²) in [6.45, 7) is 3.37. The van der Waals surface area contributed by atoms with E-state index in [1.165, 1.54) is 25.9 Å². The Morgan fingerprint density at radius 2 is 2.10 bits per heavy atom. The largest absolute Gasteiger partial charge is 0.383 e. The van der Waals surface area contributed by atoms with E-state index in [0.29, 0.717) is 5.02 Å². The first-order valence-electron chi connectivity index (χ1n) is 7.45. The third-order valence-electron chi connectivity index (χ3n) is 4.14. The number of nitrogens with zero attached hydrogens (tertiary/aromatic N) is 3. The van der Waals surface area contributed by atoms with Crippen LogP contribution < -0.4 is 5.32 Å². The smallest absolute Gasteiger partial charge is 0.106 e. The minimum absolute atomic E-state index is 0.715. The fourth-order valence-corrected chi connectivity index (χ4v) is 3.07. The van der Waals surface area contributed by atoms with Crippen LogP contribution in [0.4, 0.5) is 5.69 Å². The Hall–Kier alpha value is -1.52. The number of hydrogen-bond donors (Lipinski definition) is 1. The average molecular weight is 305 g/mol. The summed E-state index contributed by atoms with van der Waals surface area (Å²) in [5.74, 6) is 0.727. The molecule has 0 spiro atoms. The Morgan fingerprint density at radius 1 is 1.29 bits per heavy atom. The summed E-state index contributed by atoms with van der Waals surface area (Å²) in [6.07, 6.45) is 6.19. The van der Waals surface area contributed by atoms with Crippen molar-refractivity contribution in [1.82, 2.24) is 14.7 Å². The number of aromatic nitrogens is 2. The molecule has 1 aromatic carbocycles. The van der Waals surface area contributed by atoms with E-state index in [9.17, 15) is 0 Å². The molecule has 1 aliphatic rings. The predicted molar refractivity (Wildman–Crippen MR) is 87.3 cm³/mol. The molecule has 1 aliphatic heterocycles. The Morgan fingerprint density at radius 3 is 2.81 bits per heavy atom. The van der Waals surface area contributed by atoms with Crippen LogP contribution in [0.1, 0.15) is 12.8 Å². The second-order valence-corrected chi connectivity index (χ2v) is 6.12. The summed E-state index contributed by atoms with van der Waals surface area (Å²) in [4.78, 5) is 2.39. The van der Waals surface area contributed by atoms with Crippen LogP contribution in [-0.4, -0.2) is 41.4 Å². The molecule has 1 N–H and O–H groups in total. The third kappa shape index (κ3) is 3.39. The quantitative estimate of drug-likeness (QED) is 0.941. The molecule has 1 fully saturated rings. The highest BCUT2D eigenvalue weighted by Gasteiger charge is 2.17. The maximum Gasteiger partial charge on any atom is 0.106 e. The molecular weight excluding hydrogens is 284 g/mol. The molecule has 1 saturated heterocycles. The van der Waals surface area contributed by atoms with Gasteiger partial charge in [-0.2, -0.15) is 5.10 Å². The van der Waals surface area contributed by atoms with Crippen molar-refractivity contribution < 1.29 is 0 Å². The lowest BCUT2D eigenvalue weighted by molar-refractivity contribution is 0.226. The van der Waals surface area contributed by atoms with Crippen LogP contribution in [0, 0.1) is 5.92 Å². The van der Waals surface area contributed by atoms with E-state index in [-0.39, 0.29) is 0 Å². The zero-order valence-corrected chi connectivity index (χ0v) is 13.1. The van der Waals surface area contributed by atoms with Crippen molar-refractivity contribution in [3.05, 3.63) is 41.7 Å². The van der Waals surface area contributed by atoms with Gasteiger partial charge < -0.3 is 10.2 Å². The zero-order valence-electron chi connectivity index (χ0n) is 12.3. The van der Waals surface area contributed by atoms with Crippen molar-refractivity contribution in [2.75, 3.05) is 32.0 Å². The summed E-state index contributed by atoms with van der Waals surface area (Å²) in [7, 11) is 2.19. The minimum Gasteiger partial charge on any atom is -0.383 e. The standard InChI is InChI=1S/C16H21ClN4/c1-20-10-6-13(7-11-20)12-18-15-5-2-4-14(17)16(15)21-9-3-8-19-21/h2-5,8-9,13,18H,6-7,10-12H2,1H3. The summed E-state index contributed by atoms with van der Waals surface area (Å²) >= 11 is 6.35. The molecule has 2 aromatic rings. The second-order valence-electron chi connectivity index (χ2n) is 5.71. The van der Waals surface area contributed by atoms with Crippen LogP contribution in [0.5, 0.6) is 0 Å². The Kier molecular flexibility index (Phi) is 4.46. The molecule has 5 heteroatoms. The number of para-hydroxylation sites is 1. The fraction of sp³-hybridized carbons (Fsp3) is 0.438. The number of hydrogen-bond acceptors (Lipinski definition) is 3. The van der Waals surface area contributed by atoms with Crippen molar-refractivity contribution in [3.63, 3.8) is 0 Å². The molecule has 0 unspecified atom stereocenters. The second kappa shape index (κ2) is 6.50. The number of halogens is 1. The maximum absolute atomic E-state index is 6.35. The van der Waals surface area contributed by atoms with Crippen LogP contribution in [0.15, 0.2) is 36.7 Å². The van der Waals surface area contributed by atoms with E-state index in [1.54, 1.807) is 6.20 Å². The molecule has 1 aromatic heterocycles. The third-order valence-corrected chi connectivity index (χ3v) is 4.44. The summed E-state index contributed by atoms with van der Waals surface area (Å²) in [6, 6.07) is 7.85. The van der Waals surface area contributed by atoms with E-state index in [1.807, 2.05) is 29.1 Å². The van der Waals surface area contributed by atoms with Gasteiger partial charge in [-0.1, -0.05) is 17.7 Å². The monoisotopic (exact) mass is 304 g/mol. The molecule has 112 valence electrons. The van der Waals surface area contributed by atoms with E-state index in [0.717, 1.165) is 23.8 Å². The summed E-state index contributed by atoms with van der Waals surface area (Å²) in [5, 5.41) is 8.58. The van der Waals surface area contributed by atoms with Crippen molar-refractivity contribution in [2.24, 2.45) is 5.92 Å². The van der Waals surface area contributed by atoms with Gasteiger partial charge >= 0.3 is 0 Å². The maximum atomic E-state index is 6.35. The number of anilines is 1.